The van der Waals surface area contributed by atoms with Gasteiger partial charge in [0.25, 0.3) is 0 Å². The van der Waals surface area contributed by atoms with Crippen LogP contribution in [0.1, 0.15) is 20.8 Å². The Morgan fingerprint density at radius 3 is 1.70 bits per heavy atom. The first-order valence-electron chi connectivity index (χ1n) is 9.12. The van der Waals surface area contributed by atoms with E-state index in [4.69, 9.17) is 17.0 Å². The van der Waals surface area contributed by atoms with Gasteiger partial charge in [0.15, 0.2) is 5.75 Å². The SMILES string of the molecule is [B]c1ccc(O[Si](c2ccccc2)(c2ccccc2)C(C)(C)C)c(OC)c1. The quantitative estimate of drug-likeness (QED) is 0.639. The number of hydrogen-bond donors (Lipinski definition) is 0. The van der Waals surface area contributed by atoms with Crippen molar-refractivity contribution < 1.29 is 9.16 Å². The summed E-state index contributed by atoms with van der Waals surface area (Å²) in [6, 6.07) is 26.7. The first-order chi connectivity index (χ1) is 12.9. The van der Waals surface area contributed by atoms with Crippen LogP contribution >= 0.6 is 0 Å². The molecule has 0 aliphatic heterocycles. The minimum Gasteiger partial charge on any atom is -0.531 e. The van der Waals surface area contributed by atoms with E-state index in [1.54, 1.807) is 7.11 Å². The highest BCUT2D eigenvalue weighted by Gasteiger charge is 2.52. The van der Waals surface area contributed by atoms with E-state index in [2.05, 4.69) is 69.3 Å². The highest BCUT2D eigenvalue weighted by atomic mass is 28.4. The summed E-state index contributed by atoms with van der Waals surface area (Å²) in [6.07, 6.45) is 0. The van der Waals surface area contributed by atoms with Crippen molar-refractivity contribution in [1.82, 2.24) is 0 Å². The van der Waals surface area contributed by atoms with E-state index in [1.165, 1.54) is 10.4 Å². The molecule has 0 amide bonds. The van der Waals surface area contributed by atoms with Gasteiger partial charge in [-0.2, -0.15) is 0 Å². The van der Waals surface area contributed by atoms with E-state index >= 15 is 0 Å². The van der Waals surface area contributed by atoms with E-state index in [0.717, 1.165) is 5.75 Å². The zero-order valence-corrected chi connectivity index (χ0v) is 17.4. The lowest BCUT2D eigenvalue weighted by Gasteiger charge is -2.43. The summed E-state index contributed by atoms with van der Waals surface area (Å²) in [5, 5.41) is 2.34. The Bertz CT molecular complexity index is 850. The van der Waals surface area contributed by atoms with Crippen LogP contribution in [0.15, 0.2) is 78.9 Å². The van der Waals surface area contributed by atoms with Crippen molar-refractivity contribution in [1.29, 1.82) is 0 Å². The van der Waals surface area contributed by atoms with Gasteiger partial charge in [0.05, 0.1) is 7.11 Å². The Labute approximate surface area is 164 Å². The Balaban J connectivity index is 2.28. The van der Waals surface area contributed by atoms with Crippen LogP contribution in [0, 0.1) is 0 Å². The fourth-order valence-electron chi connectivity index (χ4n) is 3.58. The lowest BCUT2D eigenvalue weighted by molar-refractivity contribution is 0.389. The number of benzene rings is 3. The topological polar surface area (TPSA) is 18.5 Å². The Morgan fingerprint density at radius 2 is 1.26 bits per heavy atom. The first kappa shape index (κ1) is 19.3. The summed E-state index contributed by atoms with van der Waals surface area (Å²) in [5.41, 5.74) is 0.654. The van der Waals surface area contributed by atoms with E-state index in [1.807, 2.05) is 30.3 Å². The predicted molar refractivity (Wildman–Crippen MR) is 117 cm³/mol. The summed E-state index contributed by atoms with van der Waals surface area (Å²) >= 11 is 0. The van der Waals surface area contributed by atoms with E-state index in [9.17, 15) is 0 Å². The summed E-state index contributed by atoms with van der Waals surface area (Å²) in [4.78, 5) is 0. The first-order valence-corrected chi connectivity index (χ1v) is 11.0. The summed E-state index contributed by atoms with van der Waals surface area (Å²) in [7, 11) is 4.92. The zero-order valence-electron chi connectivity index (χ0n) is 16.4. The molecule has 0 N–H and O–H groups in total. The molecule has 0 fully saturated rings. The molecule has 3 aromatic carbocycles. The van der Waals surface area contributed by atoms with Gasteiger partial charge < -0.3 is 9.16 Å². The third-order valence-corrected chi connectivity index (χ3v) is 9.80. The maximum absolute atomic E-state index is 6.97. The van der Waals surface area contributed by atoms with Crippen molar-refractivity contribution in [3.05, 3.63) is 78.9 Å². The van der Waals surface area contributed by atoms with Crippen molar-refractivity contribution in [2.45, 2.75) is 25.8 Å². The number of methoxy groups -OCH3 is 1. The molecular formula is C23H25BO2Si. The van der Waals surface area contributed by atoms with Crippen molar-refractivity contribution in [2.24, 2.45) is 0 Å². The van der Waals surface area contributed by atoms with E-state index in [-0.39, 0.29) is 5.04 Å². The number of hydrogen-bond acceptors (Lipinski definition) is 2. The van der Waals surface area contributed by atoms with Gasteiger partial charge in [-0.25, -0.2) is 0 Å². The largest absolute Gasteiger partial charge is 0.531 e. The smallest absolute Gasteiger partial charge is 0.320 e. The Kier molecular flexibility index (Phi) is 5.47. The molecule has 0 aliphatic carbocycles. The second-order valence-electron chi connectivity index (χ2n) is 7.68. The molecule has 3 rings (SSSR count). The van der Waals surface area contributed by atoms with Gasteiger partial charge in [-0.05, 0) is 27.5 Å². The highest BCUT2D eigenvalue weighted by molar-refractivity contribution is 7.00. The van der Waals surface area contributed by atoms with Gasteiger partial charge >= 0.3 is 8.32 Å². The predicted octanol–water partition coefficient (Wildman–Crippen LogP) is 3.43. The molecule has 4 heteroatoms. The molecule has 0 unspecified atom stereocenters. The molecule has 3 aromatic rings. The van der Waals surface area contributed by atoms with Crippen molar-refractivity contribution in [3.8, 4) is 11.5 Å². The minimum atomic E-state index is -2.68. The zero-order chi connectivity index (χ0) is 19.5. The van der Waals surface area contributed by atoms with Crippen LogP contribution in [0.5, 0.6) is 11.5 Å². The second-order valence-corrected chi connectivity index (χ2v) is 11.9. The molecule has 0 aromatic heterocycles. The lowest BCUT2D eigenvalue weighted by Crippen LogP contribution is -2.68. The average Bonchev–Trinajstić information content (AvgIpc) is 2.67. The van der Waals surface area contributed by atoms with Crippen LogP contribution in [-0.2, 0) is 0 Å². The molecule has 2 radical (unpaired) electrons. The maximum Gasteiger partial charge on any atom is 0.320 e. The van der Waals surface area contributed by atoms with Crippen LogP contribution in [0.3, 0.4) is 0 Å². The summed E-state index contributed by atoms with van der Waals surface area (Å²) in [6.45, 7) is 6.76. The summed E-state index contributed by atoms with van der Waals surface area (Å²) < 4.78 is 12.5. The van der Waals surface area contributed by atoms with Gasteiger partial charge in [-0.1, -0.05) is 93.0 Å². The summed E-state index contributed by atoms with van der Waals surface area (Å²) in [5.74, 6) is 1.38. The molecule has 0 atom stereocenters. The fraction of sp³-hybridized carbons (Fsp3) is 0.217. The van der Waals surface area contributed by atoms with E-state index < -0.39 is 8.32 Å². The van der Waals surface area contributed by atoms with Crippen LogP contribution in [-0.4, -0.2) is 23.3 Å². The van der Waals surface area contributed by atoms with Crippen LogP contribution in [0.4, 0.5) is 0 Å². The van der Waals surface area contributed by atoms with Gasteiger partial charge in [-0.15, -0.1) is 0 Å². The minimum absolute atomic E-state index is 0.109. The monoisotopic (exact) mass is 372 g/mol. The number of rotatable bonds is 5. The third-order valence-electron chi connectivity index (χ3n) is 4.87. The number of ether oxygens (including phenoxy) is 1. The normalized spacial score (nSPS) is 11.9. The molecule has 0 bridgehead atoms. The average molecular weight is 372 g/mol. The van der Waals surface area contributed by atoms with Gasteiger partial charge in [-0.3, -0.25) is 0 Å². The van der Waals surface area contributed by atoms with E-state index in [0.29, 0.717) is 11.2 Å². The van der Waals surface area contributed by atoms with Crippen LogP contribution < -0.4 is 25.0 Å². The lowest BCUT2D eigenvalue weighted by atomic mass is 9.96. The molecule has 27 heavy (non-hydrogen) atoms. The standard InChI is InChI=1S/C23H25BO2Si/c1-23(2,3)27(19-11-7-5-8-12-19,20-13-9-6-10-14-20)26-21-16-15-18(24)17-22(21)25-4/h5-17H,1-4H3. The van der Waals surface area contributed by atoms with Gasteiger partial charge in [0.1, 0.15) is 13.6 Å². The fourth-order valence-corrected chi connectivity index (χ4v) is 8.01. The van der Waals surface area contributed by atoms with Gasteiger partial charge in [0.2, 0.25) is 0 Å². The Hall–Kier alpha value is -2.46. The Morgan fingerprint density at radius 1 is 0.741 bits per heavy atom. The molecule has 0 heterocycles. The van der Waals surface area contributed by atoms with Crippen molar-refractivity contribution in [2.75, 3.05) is 7.11 Å². The van der Waals surface area contributed by atoms with Crippen molar-refractivity contribution >= 4 is 32.0 Å². The molecule has 0 saturated carbocycles. The molecule has 136 valence electrons. The third kappa shape index (κ3) is 3.67. The van der Waals surface area contributed by atoms with Crippen LogP contribution in [0.2, 0.25) is 5.04 Å². The molecule has 0 aliphatic rings. The van der Waals surface area contributed by atoms with Crippen molar-refractivity contribution in [3.63, 3.8) is 0 Å². The molecule has 0 saturated heterocycles. The molecule has 0 spiro atoms. The molecular weight excluding hydrogens is 347 g/mol. The van der Waals surface area contributed by atoms with Gasteiger partial charge in [0, 0.05) is 0 Å². The maximum atomic E-state index is 6.97. The second kappa shape index (κ2) is 7.65. The molecule has 2 nitrogen and oxygen atoms in total. The highest BCUT2D eigenvalue weighted by Crippen LogP contribution is 2.39. The van der Waals surface area contributed by atoms with Crippen LogP contribution in [0.25, 0.3) is 0 Å².